The second-order valence-corrected chi connectivity index (χ2v) is 11.5. The van der Waals surface area contributed by atoms with Crippen molar-refractivity contribution >= 4 is 38.4 Å². The zero-order valence-electron chi connectivity index (χ0n) is 25.6. The molecule has 0 fully saturated rings. The Morgan fingerprint density at radius 3 is 0.870 bits per heavy atom. The van der Waals surface area contributed by atoms with E-state index in [1.54, 1.807) is 0 Å². The first kappa shape index (κ1) is 43.0. The molecule has 0 nitrogen and oxygen atoms in total. The van der Waals surface area contributed by atoms with Crippen LogP contribution in [-0.4, -0.2) is 0 Å². The van der Waals surface area contributed by atoms with Gasteiger partial charge in [0.2, 0.25) is 0 Å². The minimum atomic E-state index is 0. The van der Waals surface area contributed by atoms with Crippen LogP contribution in [0, 0.1) is 13.0 Å². The van der Waals surface area contributed by atoms with Gasteiger partial charge in [0.25, 0.3) is 0 Å². The smallest absolute Gasteiger partial charge is 1.00 e. The van der Waals surface area contributed by atoms with E-state index in [2.05, 4.69) is 103 Å². The fraction of sp³-hybridized carbons (Fsp3) is 0.0244. The van der Waals surface area contributed by atoms with Crippen LogP contribution < -0.4 is 33.6 Å². The molecule has 46 heavy (non-hydrogen) atoms. The first-order valence-corrected chi connectivity index (χ1v) is 16.0. The van der Waals surface area contributed by atoms with Crippen LogP contribution in [0.5, 0.6) is 0 Å². The summed E-state index contributed by atoms with van der Waals surface area (Å²) < 4.78 is 0. The third-order valence-electron chi connectivity index (χ3n) is 5.52. The summed E-state index contributed by atoms with van der Waals surface area (Å²) in [5.41, 5.74) is 1.20. The van der Waals surface area contributed by atoms with Gasteiger partial charge >= 0.3 is 33.6 Å². The molecule has 0 atom stereocenters. The summed E-state index contributed by atoms with van der Waals surface area (Å²) in [6.07, 6.45) is 0. The molecule has 0 heterocycles. The predicted molar refractivity (Wildman–Crippen MR) is 192 cm³/mol. The molecule has 236 valence electrons. The zero-order valence-corrected chi connectivity index (χ0v) is 30.2. The third-order valence-corrected chi connectivity index (χ3v) is 7.74. The van der Waals surface area contributed by atoms with Crippen LogP contribution in [0.4, 0.5) is 0 Å². The van der Waals surface area contributed by atoms with Gasteiger partial charge in [0.1, 0.15) is 0 Å². The third kappa shape index (κ3) is 21.7. The molecule has 7 rings (SSSR count). The molecule has 7 aromatic rings. The number of aryl methyl sites for hydroxylation is 1. The molecule has 0 aliphatic carbocycles. The molecule has 0 aromatic heterocycles. The Kier molecular flexibility index (Phi) is 27.4. The van der Waals surface area contributed by atoms with Crippen LogP contribution in [0.25, 0.3) is 0 Å². The Labute approximate surface area is 307 Å². The monoisotopic (exact) mass is 740 g/mol. The first-order valence-electron chi connectivity index (χ1n) is 14.2. The molecule has 0 saturated heterocycles. The van der Waals surface area contributed by atoms with Crippen LogP contribution in [-0.2, 0) is 33.6 Å². The number of rotatable bonds is 4. The van der Waals surface area contributed by atoms with E-state index in [1.807, 2.05) is 116 Å². The molecule has 0 spiro atoms. The van der Waals surface area contributed by atoms with E-state index in [-0.39, 0.29) is 46.0 Å². The fourth-order valence-electron chi connectivity index (χ4n) is 3.43. The van der Waals surface area contributed by atoms with Crippen molar-refractivity contribution in [1.82, 2.24) is 0 Å². The van der Waals surface area contributed by atoms with E-state index in [0.717, 1.165) is 0 Å². The number of hydrogen-bond acceptors (Lipinski definition) is 0. The Morgan fingerprint density at radius 1 is 0.413 bits per heavy atom. The molecule has 0 saturated carbocycles. The van der Waals surface area contributed by atoms with Crippen LogP contribution in [0.15, 0.2) is 206 Å². The predicted octanol–water partition coefficient (Wildman–Crippen LogP) is 6.77. The summed E-state index contributed by atoms with van der Waals surface area (Å²) in [7, 11) is 2.56. The van der Waals surface area contributed by atoms with Crippen molar-refractivity contribution in [3.05, 3.63) is 218 Å². The van der Waals surface area contributed by atoms with Crippen molar-refractivity contribution in [3.8, 4) is 0 Å². The largest absolute Gasteiger partial charge is 3.00 e. The van der Waals surface area contributed by atoms with Gasteiger partial charge in [0, 0.05) is 0 Å². The van der Waals surface area contributed by atoms with Crippen molar-refractivity contribution in [2.45, 2.75) is 6.92 Å². The zero-order chi connectivity index (χ0) is 30.0. The van der Waals surface area contributed by atoms with E-state index in [9.17, 15) is 0 Å². The summed E-state index contributed by atoms with van der Waals surface area (Å²) in [4.78, 5) is 0. The summed E-state index contributed by atoms with van der Waals surface area (Å²) in [6.45, 7) is 2.03. The van der Waals surface area contributed by atoms with E-state index in [4.69, 9.17) is 0 Å². The summed E-state index contributed by atoms with van der Waals surface area (Å²) >= 11 is 0. The van der Waals surface area contributed by atoms with E-state index in [1.165, 1.54) is 43.9 Å². The maximum absolute atomic E-state index is 3.03. The van der Waals surface area contributed by atoms with Gasteiger partial charge in [0.15, 0.2) is 0 Å². The molecule has 7 aromatic carbocycles. The summed E-state index contributed by atoms with van der Waals surface area (Å²) in [5.74, 6) is 0. The second-order valence-electron chi connectivity index (χ2n) is 9.04. The number of halogens is 1. The van der Waals surface area contributed by atoms with Crippen molar-refractivity contribution in [1.29, 1.82) is 0 Å². The van der Waals surface area contributed by atoms with Crippen LogP contribution in [0.2, 0.25) is 0 Å². The summed E-state index contributed by atoms with van der Waals surface area (Å²) in [5, 5.41) is 5.37. The maximum atomic E-state index is 3.03. The Morgan fingerprint density at radius 2 is 0.696 bits per heavy atom. The van der Waals surface area contributed by atoms with Gasteiger partial charge in [-0.05, 0) is 18.6 Å². The minimum absolute atomic E-state index is 0. The molecule has 0 aliphatic heterocycles. The Hall–Kier alpha value is -3.04. The average molecular weight is 742 g/mol. The van der Waals surface area contributed by atoms with Crippen molar-refractivity contribution in [3.63, 3.8) is 0 Å². The standard InChI is InChI=1S/2C12H10P.C7H7.2C5H5.ClH.Fe.Ni/c2*1-3-7-11(8-4-1)13-12-9-5-2-6-10-12;1-7-5-3-2-4-6-7;2*1-2-4-5-3-1;;;/h2*1-10H;2-5H,1H3;2*1-5H;1H;;/q2*-1;;2*-1;;+2;+3/p-1. The molecule has 5 heteroatoms. The Bertz CT molecular complexity index is 1320. The molecule has 0 unspecified atom stereocenters. The van der Waals surface area contributed by atoms with Gasteiger partial charge < -0.3 is 29.6 Å². The van der Waals surface area contributed by atoms with Gasteiger partial charge in [0.05, 0.1) is 0 Å². The maximum Gasteiger partial charge on any atom is 3.00 e. The topological polar surface area (TPSA) is 0 Å². The normalized spacial score (nSPS) is 8.63. The SMILES string of the molecule is Cc1[c]cccc1.[Cl-].[Fe+2].[Ni+3].c1cc[cH-]c1.c1cc[cH-]c1.c1ccc([P-]c2ccccc2)cc1.c1ccc([P-]c2ccccc2)cc1. The van der Waals surface area contributed by atoms with Gasteiger partial charge in [-0.3, -0.25) is 0 Å². The van der Waals surface area contributed by atoms with E-state index in [0.29, 0.717) is 0 Å². The van der Waals surface area contributed by atoms with Crippen molar-refractivity contribution < 1.29 is 46.0 Å². The van der Waals surface area contributed by atoms with Gasteiger partial charge in [-0.2, -0.15) is 36.4 Å². The van der Waals surface area contributed by atoms with Crippen molar-refractivity contribution in [2.24, 2.45) is 0 Å². The minimum Gasteiger partial charge on any atom is -1.00 e. The molecule has 0 N–H and O–H groups in total. The summed E-state index contributed by atoms with van der Waals surface area (Å²) in [6, 6.07) is 72.9. The van der Waals surface area contributed by atoms with Crippen LogP contribution in [0.3, 0.4) is 0 Å². The van der Waals surface area contributed by atoms with Crippen LogP contribution in [0.1, 0.15) is 5.56 Å². The first-order chi connectivity index (χ1) is 21.3. The molecular formula is C41H37ClFeNiP2. The average Bonchev–Trinajstić information content (AvgIpc) is 3.85. The number of hydrogen-bond donors (Lipinski definition) is 0. The molecule has 2 radical (unpaired) electrons. The van der Waals surface area contributed by atoms with Gasteiger partial charge in [-0.25, -0.2) is 45.5 Å². The van der Waals surface area contributed by atoms with E-state index >= 15 is 0 Å². The molecule has 0 bridgehead atoms. The molecule has 0 aliphatic rings. The number of benzene rings is 5. The molecule has 0 amide bonds. The van der Waals surface area contributed by atoms with Crippen molar-refractivity contribution in [2.75, 3.05) is 0 Å². The van der Waals surface area contributed by atoms with Gasteiger partial charge in [-0.15, -0.1) is 0 Å². The van der Waals surface area contributed by atoms with Gasteiger partial charge in [-0.1, -0.05) is 146 Å². The fourth-order valence-corrected chi connectivity index (χ4v) is 5.31. The quantitative estimate of drug-likeness (QED) is 0.106. The van der Waals surface area contributed by atoms with Crippen LogP contribution >= 0.6 is 17.2 Å². The molecular weight excluding hydrogens is 704 g/mol. The second kappa shape index (κ2) is 29.4. The van der Waals surface area contributed by atoms with E-state index < -0.39 is 0 Å². The Balaban J connectivity index is 0.000000572.